The van der Waals surface area contributed by atoms with Crippen LogP contribution >= 0.6 is 11.8 Å². The van der Waals surface area contributed by atoms with E-state index >= 15 is 0 Å². The predicted octanol–water partition coefficient (Wildman–Crippen LogP) is 8.37. The van der Waals surface area contributed by atoms with Crippen LogP contribution in [0.5, 0.6) is 0 Å². The molecule has 4 aliphatic rings. The van der Waals surface area contributed by atoms with Crippen molar-refractivity contribution in [3.8, 4) is 0 Å². The first kappa shape index (κ1) is 25.6. The molecule has 188 valence electrons. The van der Waals surface area contributed by atoms with Gasteiger partial charge in [-0.2, -0.15) is 0 Å². The van der Waals surface area contributed by atoms with Gasteiger partial charge in [0.2, 0.25) is 5.12 Å². The number of carbonyl (C=O) groups is 1. The van der Waals surface area contributed by atoms with E-state index in [1.54, 1.807) is 0 Å². The van der Waals surface area contributed by atoms with Crippen LogP contribution < -0.4 is 5.32 Å². The minimum atomic E-state index is 0.258. The summed E-state index contributed by atoms with van der Waals surface area (Å²) in [4.78, 5) is 12.0. The fraction of sp³-hybridized carbons (Fsp3) is 0.900. The van der Waals surface area contributed by atoms with E-state index in [1.165, 1.54) is 88.8 Å². The van der Waals surface area contributed by atoms with Crippen LogP contribution in [0.25, 0.3) is 0 Å². The molecule has 7 unspecified atom stereocenters. The highest BCUT2D eigenvalue weighted by molar-refractivity contribution is 8.13. The third-order valence-electron chi connectivity index (χ3n) is 11.1. The summed E-state index contributed by atoms with van der Waals surface area (Å²) in [6, 6.07) is 0. The normalized spacial score (nSPS) is 39.9. The number of rotatable bonds is 10. The highest BCUT2D eigenvalue weighted by Gasteiger charge is 2.59. The van der Waals surface area contributed by atoms with E-state index in [0.29, 0.717) is 17.4 Å². The van der Waals surface area contributed by atoms with Crippen molar-refractivity contribution >= 4 is 16.9 Å². The monoisotopic (exact) mass is 473 g/mol. The number of fused-ring (bicyclic) bond motifs is 5. The molecule has 7 atom stereocenters. The maximum atomic E-state index is 12.0. The lowest BCUT2D eigenvalue weighted by molar-refractivity contribution is -0.111. The minimum Gasteiger partial charge on any atom is -0.381 e. The maximum Gasteiger partial charge on any atom is 0.207 e. The van der Waals surface area contributed by atoms with Crippen LogP contribution in [0.2, 0.25) is 0 Å². The molecule has 0 saturated heterocycles. The van der Waals surface area contributed by atoms with Gasteiger partial charge in [-0.15, -0.1) is 0 Å². The number of unbranched alkanes of at least 4 members (excludes halogenated alkanes) is 1. The van der Waals surface area contributed by atoms with E-state index < -0.39 is 0 Å². The van der Waals surface area contributed by atoms with E-state index in [2.05, 4.69) is 32.7 Å². The molecule has 0 amide bonds. The van der Waals surface area contributed by atoms with Crippen LogP contribution in [0, 0.1) is 40.4 Å². The van der Waals surface area contributed by atoms with Crippen LogP contribution in [0.4, 0.5) is 0 Å². The number of hydrogen-bond donors (Lipinski definition) is 1. The molecule has 1 N–H and O–H groups in total. The summed E-state index contributed by atoms with van der Waals surface area (Å²) in [6.07, 6.45) is 20.9. The van der Waals surface area contributed by atoms with Gasteiger partial charge in [0.25, 0.3) is 0 Å². The summed E-state index contributed by atoms with van der Waals surface area (Å²) in [5, 5.41) is 3.56. The first-order valence-corrected chi connectivity index (χ1v) is 15.4. The second-order valence-electron chi connectivity index (χ2n) is 12.6. The molecule has 4 rings (SSSR count). The van der Waals surface area contributed by atoms with E-state index in [1.807, 2.05) is 0 Å². The van der Waals surface area contributed by atoms with Crippen molar-refractivity contribution in [1.29, 1.82) is 0 Å². The Kier molecular flexibility index (Phi) is 8.62. The number of nitrogens with one attached hydrogen (secondary N) is 1. The van der Waals surface area contributed by atoms with Crippen molar-refractivity contribution in [2.24, 2.45) is 40.4 Å². The van der Waals surface area contributed by atoms with Crippen molar-refractivity contribution in [1.82, 2.24) is 5.32 Å². The Morgan fingerprint density at radius 2 is 1.79 bits per heavy atom. The van der Waals surface area contributed by atoms with E-state index in [-0.39, 0.29) is 5.12 Å². The summed E-state index contributed by atoms with van der Waals surface area (Å²) in [5.74, 6) is 5.90. The number of allylic oxidation sites excluding steroid dienone is 1. The van der Waals surface area contributed by atoms with Crippen molar-refractivity contribution in [2.75, 3.05) is 12.3 Å². The average molecular weight is 474 g/mol. The quantitative estimate of drug-likeness (QED) is 0.323. The highest BCUT2D eigenvalue weighted by atomic mass is 32.2. The Labute approximate surface area is 208 Å². The molecule has 0 aromatic carbocycles. The molecule has 4 aliphatic carbocycles. The van der Waals surface area contributed by atoms with Gasteiger partial charge in [-0.05, 0) is 117 Å². The molecule has 2 nitrogen and oxygen atoms in total. The number of hydrogen-bond acceptors (Lipinski definition) is 3. The Hall–Kier alpha value is -0.440. The van der Waals surface area contributed by atoms with Gasteiger partial charge >= 0.3 is 0 Å². The van der Waals surface area contributed by atoms with Gasteiger partial charge in [0, 0.05) is 11.4 Å². The fourth-order valence-electron chi connectivity index (χ4n) is 9.11. The zero-order chi connectivity index (χ0) is 23.5. The lowest BCUT2D eigenvalue weighted by Gasteiger charge is -2.60. The van der Waals surface area contributed by atoms with Crippen molar-refractivity contribution in [2.45, 2.75) is 117 Å². The topological polar surface area (TPSA) is 29.1 Å². The molecule has 4 fully saturated rings. The van der Waals surface area contributed by atoms with Crippen LogP contribution in [0.1, 0.15) is 117 Å². The molecular formula is C30H51NOS. The van der Waals surface area contributed by atoms with Gasteiger partial charge in [0.15, 0.2) is 0 Å². The van der Waals surface area contributed by atoms with E-state index in [0.717, 1.165) is 60.3 Å². The maximum absolute atomic E-state index is 12.0. The minimum absolute atomic E-state index is 0.258. The smallest absolute Gasteiger partial charge is 0.207 e. The van der Waals surface area contributed by atoms with Crippen LogP contribution in [0.3, 0.4) is 0 Å². The summed E-state index contributed by atoms with van der Waals surface area (Å²) in [7, 11) is 0. The van der Waals surface area contributed by atoms with Gasteiger partial charge in [-0.1, -0.05) is 58.4 Å². The SMILES string of the molecule is C=C(CCCC1CCC2C3CCC4CCCCC4(C)C3CCC12C)NCC(=O)SCCCC. The van der Waals surface area contributed by atoms with Crippen molar-refractivity contribution in [3.63, 3.8) is 0 Å². The van der Waals surface area contributed by atoms with Gasteiger partial charge < -0.3 is 5.32 Å². The fourth-order valence-corrected chi connectivity index (χ4v) is 9.94. The third-order valence-corrected chi connectivity index (χ3v) is 12.0. The second kappa shape index (κ2) is 11.1. The Bertz CT molecular complexity index is 691. The summed E-state index contributed by atoms with van der Waals surface area (Å²) >= 11 is 1.47. The molecule has 0 aromatic rings. The molecule has 0 radical (unpaired) electrons. The summed E-state index contributed by atoms with van der Waals surface area (Å²) in [5.41, 5.74) is 2.31. The van der Waals surface area contributed by atoms with Crippen LogP contribution in [-0.2, 0) is 4.79 Å². The molecule has 0 bridgehead atoms. The first-order chi connectivity index (χ1) is 15.9. The van der Waals surface area contributed by atoms with Crippen LogP contribution in [-0.4, -0.2) is 17.4 Å². The first-order valence-electron chi connectivity index (χ1n) is 14.5. The molecule has 33 heavy (non-hydrogen) atoms. The number of thioether (sulfide) groups is 1. The summed E-state index contributed by atoms with van der Waals surface area (Å²) < 4.78 is 0. The zero-order valence-corrected chi connectivity index (χ0v) is 22.7. The molecule has 0 spiro atoms. The molecule has 3 heteroatoms. The Balaban J connectivity index is 1.24. The molecule has 4 saturated carbocycles. The van der Waals surface area contributed by atoms with E-state index in [9.17, 15) is 4.79 Å². The molecule has 0 heterocycles. The van der Waals surface area contributed by atoms with Crippen LogP contribution in [0.15, 0.2) is 12.3 Å². The summed E-state index contributed by atoms with van der Waals surface area (Å²) in [6.45, 7) is 12.2. The van der Waals surface area contributed by atoms with Gasteiger partial charge in [-0.25, -0.2) is 0 Å². The molecule has 0 aromatic heterocycles. The van der Waals surface area contributed by atoms with Gasteiger partial charge in [-0.3, -0.25) is 4.79 Å². The average Bonchev–Trinajstić information content (AvgIpc) is 3.14. The Morgan fingerprint density at radius 3 is 2.61 bits per heavy atom. The zero-order valence-electron chi connectivity index (χ0n) is 21.9. The largest absolute Gasteiger partial charge is 0.381 e. The third kappa shape index (κ3) is 5.39. The van der Waals surface area contributed by atoms with Gasteiger partial charge in [0.1, 0.15) is 0 Å². The number of carbonyl (C=O) groups excluding carboxylic acids is 1. The predicted molar refractivity (Wildman–Crippen MR) is 143 cm³/mol. The lowest BCUT2D eigenvalue weighted by Crippen LogP contribution is -2.52. The molecule has 0 aliphatic heterocycles. The van der Waals surface area contributed by atoms with E-state index in [4.69, 9.17) is 0 Å². The van der Waals surface area contributed by atoms with Gasteiger partial charge in [0.05, 0.1) is 6.54 Å². The second-order valence-corrected chi connectivity index (χ2v) is 13.8. The molecular weight excluding hydrogens is 422 g/mol. The Morgan fingerprint density at radius 1 is 0.970 bits per heavy atom. The standard InChI is InChI=1S/C30H51NOS/c1-5-6-20-33-28(32)21-31-22(2)10-9-12-24-14-16-26-25-15-13-23-11-7-8-18-29(23,3)27(25)17-19-30(24,26)4/h23-27,31H,2,5-21H2,1,3-4H3. The highest BCUT2D eigenvalue weighted by Crippen LogP contribution is 2.67. The van der Waals surface area contributed by atoms with Crippen molar-refractivity contribution < 1.29 is 4.79 Å². The lowest BCUT2D eigenvalue weighted by atomic mass is 9.45. The van der Waals surface area contributed by atoms with Crippen molar-refractivity contribution in [3.05, 3.63) is 12.3 Å².